The molecule has 6 heteroatoms. The summed E-state index contributed by atoms with van der Waals surface area (Å²) in [6.45, 7) is 4.26. The summed E-state index contributed by atoms with van der Waals surface area (Å²) in [5, 5.41) is 13.8. The molecule has 112 valence electrons. The van der Waals surface area contributed by atoms with E-state index in [0.29, 0.717) is 12.4 Å². The van der Waals surface area contributed by atoms with Crippen LogP contribution in [0.4, 0.5) is 10.5 Å². The average molecular weight is 295 g/mol. The number of anilines is 1. The lowest BCUT2D eigenvalue weighted by Crippen LogP contribution is -2.29. The van der Waals surface area contributed by atoms with Gasteiger partial charge in [0, 0.05) is 11.9 Å². The van der Waals surface area contributed by atoms with E-state index in [4.69, 9.17) is 0 Å². The van der Waals surface area contributed by atoms with E-state index >= 15 is 0 Å². The predicted octanol–water partition coefficient (Wildman–Crippen LogP) is 2.67. The van der Waals surface area contributed by atoms with Crippen LogP contribution in [0.5, 0.6) is 0 Å². The monoisotopic (exact) mass is 295 g/mol. The standard InChI is InChI=1S/C16H17N5O/c1-11-6-7-12(2)13(9-11)18-16(22)17-10-15-20-19-14-5-3-4-8-21(14)15/h3-9H,10H2,1-2H3,(H2,17,18,22). The van der Waals surface area contributed by atoms with Gasteiger partial charge in [0.2, 0.25) is 0 Å². The molecule has 0 aliphatic rings. The number of pyridine rings is 1. The van der Waals surface area contributed by atoms with Crippen molar-refractivity contribution in [1.82, 2.24) is 19.9 Å². The lowest BCUT2D eigenvalue weighted by atomic mass is 10.1. The highest BCUT2D eigenvalue weighted by atomic mass is 16.2. The van der Waals surface area contributed by atoms with E-state index < -0.39 is 0 Å². The fraction of sp³-hybridized carbons (Fsp3) is 0.188. The summed E-state index contributed by atoms with van der Waals surface area (Å²) < 4.78 is 1.85. The Hall–Kier alpha value is -2.89. The van der Waals surface area contributed by atoms with Crippen LogP contribution < -0.4 is 10.6 Å². The van der Waals surface area contributed by atoms with Crippen molar-refractivity contribution in [3.05, 3.63) is 59.5 Å². The quantitative estimate of drug-likeness (QED) is 0.780. The van der Waals surface area contributed by atoms with Crippen molar-refractivity contribution in [3.8, 4) is 0 Å². The van der Waals surface area contributed by atoms with Crippen LogP contribution in [0.3, 0.4) is 0 Å². The van der Waals surface area contributed by atoms with E-state index in [2.05, 4.69) is 20.8 Å². The number of aromatic nitrogens is 3. The van der Waals surface area contributed by atoms with Crippen LogP contribution in [-0.4, -0.2) is 20.6 Å². The summed E-state index contributed by atoms with van der Waals surface area (Å²) in [5.74, 6) is 0.687. The molecule has 3 rings (SSSR count). The van der Waals surface area contributed by atoms with E-state index in [0.717, 1.165) is 22.5 Å². The van der Waals surface area contributed by atoms with Crippen molar-refractivity contribution in [1.29, 1.82) is 0 Å². The molecule has 0 bridgehead atoms. The second-order valence-electron chi connectivity index (χ2n) is 5.17. The summed E-state index contributed by atoms with van der Waals surface area (Å²) >= 11 is 0. The number of carbonyl (C=O) groups is 1. The van der Waals surface area contributed by atoms with E-state index in [-0.39, 0.29) is 6.03 Å². The molecule has 0 atom stereocenters. The van der Waals surface area contributed by atoms with Crippen LogP contribution in [0.2, 0.25) is 0 Å². The second-order valence-corrected chi connectivity index (χ2v) is 5.17. The van der Waals surface area contributed by atoms with E-state index in [9.17, 15) is 4.79 Å². The van der Waals surface area contributed by atoms with Gasteiger partial charge in [-0.2, -0.15) is 0 Å². The number of aryl methyl sites for hydroxylation is 2. The number of rotatable bonds is 3. The first-order valence-corrected chi connectivity index (χ1v) is 7.04. The van der Waals surface area contributed by atoms with Crippen molar-refractivity contribution in [2.24, 2.45) is 0 Å². The fourth-order valence-electron chi connectivity index (χ4n) is 2.21. The van der Waals surface area contributed by atoms with Gasteiger partial charge in [-0.05, 0) is 43.2 Å². The molecule has 0 saturated carbocycles. The minimum atomic E-state index is -0.263. The molecular formula is C16H17N5O. The molecule has 0 aliphatic carbocycles. The molecule has 0 spiro atoms. The molecule has 3 aromatic rings. The fourth-order valence-corrected chi connectivity index (χ4v) is 2.21. The molecule has 1 aromatic carbocycles. The summed E-state index contributed by atoms with van der Waals surface area (Å²) in [7, 11) is 0. The molecule has 0 unspecified atom stereocenters. The number of nitrogens with one attached hydrogen (secondary N) is 2. The first kappa shape index (κ1) is 14.1. The molecular weight excluding hydrogens is 278 g/mol. The van der Waals surface area contributed by atoms with Gasteiger partial charge in [0.25, 0.3) is 0 Å². The normalized spacial score (nSPS) is 10.6. The molecule has 0 radical (unpaired) electrons. The van der Waals surface area contributed by atoms with Gasteiger partial charge >= 0.3 is 6.03 Å². The molecule has 0 saturated heterocycles. The highest BCUT2D eigenvalue weighted by Gasteiger charge is 2.08. The van der Waals surface area contributed by atoms with Crippen LogP contribution in [0.25, 0.3) is 5.65 Å². The van der Waals surface area contributed by atoms with E-state index in [1.807, 2.05) is 60.8 Å². The molecule has 0 aliphatic heterocycles. The number of benzene rings is 1. The minimum absolute atomic E-state index is 0.263. The number of hydrogen-bond acceptors (Lipinski definition) is 3. The molecule has 2 amide bonds. The van der Waals surface area contributed by atoms with Gasteiger partial charge in [0.05, 0.1) is 6.54 Å². The average Bonchev–Trinajstić information content (AvgIpc) is 2.92. The highest BCUT2D eigenvalue weighted by molar-refractivity contribution is 5.90. The molecule has 0 fully saturated rings. The third-order valence-corrected chi connectivity index (χ3v) is 3.43. The van der Waals surface area contributed by atoms with Gasteiger partial charge < -0.3 is 10.6 Å². The molecule has 6 nitrogen and oxygen atoms in total. The van der Waals surface area contributed by atoms with Crippen LogP contribution in [-0.2, 0) is 6.54 Å². The third kappa shape index (κ3) is 2.90. The van der Waals surface area contributed by atoms with Crippen LogP contribution in [0.15, 0.2) is 42.6 Å². The zero-order valence-corrected chi connectivity index (χ0v) is 12.5. The van der Waals surface area contributed by atoms with Gasteiger partial charge in [-0.25, -0.2) is 4.79 Å². The predicted molar refractivity (Wildman–Crippen MR) is 84.8 cm³/mol. The third-order valence-electron chi connectivity index (χ3n) is 3.43. The van der Waals surface area contributed by atoms with E-state index in [1.165, 1.54) is 0 Å². The molecule has 2 aromatic heterocycles. The Kier molecular flexibility index (Phi) is 3.74. The van der Waals surface area contributed by atoms with Crippen LogP contribution in [0, 0.1) is 13.8 Å². The van der Waals surface area contributed by atoms with Gasteiger partial charge in [-0.1, -0.05) is 18.2 Å². The number of carbonyl (C=O) groups excluding carboxylic acids is 1. The number of hydrogen-bond donors (Lipinski definition) is 2. The van der Waals surface area contributed by atoms with Crippen molar-refractivity contribution < 1.29 is 4.79 Å². The van der Waals surface area contributed by atoms with Gasteiger partial charge in [0.1, 0.15) is 0 Å². The minimum Gasteiger partial charge on any atom is -0.331 e. The first-order chi connectivity index (χ1) is 10.6. The van der Waals surface area contributed by atoms with Crippen molar-refractivity contribution >= 4 is 17.4 Å². The molecule has 2 heterocycles. The van der Waals surface area contributed by atoms with Gasteiger partial charge in [0.15, 0.2) is 11.5 Å². The lowest BCUT2D eigenvalue weighted by molar-refractivity contribution is 0.251. The second kappa shape index (κ2) is 5.85. The lowest BCUT2D eigenvalue weighted by Gasteiger charge is -2.10. The number of fused-ring (bicyclic) bond motifs is 1. The number of urea groups is 1. The largest absolute Gasteiger partial charge is 0.331 e. The highest BCUT2D eigenvalue weighted by Crippen LogP contribution is 2.16. The van der Waals surface area contributed by atoms with Crippen LogP contribution >= 0.6 is 0 Å². The summed E-state index contributed by atoms with van der Waals surface area (Å²) in [4.78, 5) is 12.0. The molecule has 22 heavy (non-hydrogen) atoms. The topological polar surface area (TPSA) is 71.3 Å². The first-order valence-electron chi connectivity index (χ1n) is 7.04. The van der Waals surface area contributed by atoms with Crippen molar-refractivity contribution in [2.45, 2.75) is 20.4 Å². The Morgan fingerprint density at radius 2 is 2.05 bits per heavy atom. The van der Waals surface area contributed by atoms with Gasteiger partial charge in [-0.15, -0.1) is 10.2 Å². The zero-order chi connectivity index (χ0) is 15.5. The molecule has 2 N–H and O–H groups in total. The van der Waals surface area contributed by atoms with Crippen molar-refractivity contribution in [2.75, 3.05) is 5.32 Å². The van der Waals surface area contributed by atoms with Crippen molar-refractivity contribution in [3.63, 3.8) is 0 Å². The maximum atomic E-state index is 12.0. The van der Waals surface area contributed by atoms with Gasteiger partial charge in [-0.3, -0.25) is 4.40 Å². The number of nitrogens with zero attached hydrogens (tertiary/aromatic N) is 3. The maximum Gasteiger partial charge on any atom is 0.319 e. The SMILES string of the molecule is Cc1ccc(C)c(NC(=O)NCc2nnc3ccccn23)c1. The zero-order valence-electron chi connectivity index (χ0n) is 12.5. The van der Waals surface area contributed by atoms with E-state index in [1.54, 1.807) is 0 Å². The Bertz CT molecular complexity index is 824. The summed E-state index contributed by atoms with van der Waals surface area (Å²) in [6.07, 6.45) is 1.87. The Morgan fingerprint density at radius 3 is 2.91 bits per heavy atom. The maximum absolute atomic E-state index is 12.0. The Labute approximate surface area is 128 Å². The smallest absolute Gasteiger partial charge is 0.319 e. The van der Waals surface area contributed by atoms with Crippen LogP contribution in [0.1, 0.15) is 17.0 Å². The Morgan fingerprint density at radius 1 is 1.18 bits per heavy atom. The Balaban J connectivity index is 1.66. The number of amides is 2. The summed E-state index contributed by atoms with van der Waals surface area (Å²) in [5.41, 5.74) is 3.69. The summed E-state index contributed by atoms with van der Waals surface area (Å²) in [6, 6.07) is 11.3.